The van der Waals surface area contributed by atoms with Crippen molar-refractivity contribution >= 4 is 90.0 Å². The van der Waals surface area contributed by atoms with Gasteiger partial charge >= 0.3 is 0 Å². The molecule has 0 N–H and O–H groups in total. The predicted molar refractivity (Wildman–Crippen MR) is 343 cm³/mol. The van der Waals surface area contributed by atoms with Gasteiger partial charge < -0.3 is 4.90 Å². The highest BCUT2D eigenvalue weighted by molar-refractivity contribution is 6.43. The Balaban J connectivity index is 0.755. The quantitative estimate of drug-likeness (QED) is 0.0906. The molecule has 0 fully saturated rings. The molecule has 0 unspecified atom stereocenters. The zero-order valence-electron chi connectivity index (χ0n) is 45.9. The van der Waals surface area contributed by atoms with E-state index in [-0.39, 0.29) is 43.4 Å². The van der Waals surface area contributed by atoms with E-state index in [2.05, 4.69) is 227 Å². The lowest BCUT2D eigenvalue weighted by Gasteiger charge is -2.28. The van der Waals surface area contributed by atoms with E-state index in [1.54, 1.807) is 12.1 Å². The maximum absolute atomic E-state index is 13.8. The molecule has 0 aliphatic heterocycles. The van der Waals surface area contributed by atoms with Gasteiger partial charge in [0, 0.05) is 44.6 Å². The summed E-state index contributed by atoms with van der Waals surface area (Å²) in [5.41, 5.74) is 22.3. The molecule has 0 saturated carbocycles. The van der Waals surface area contributed by atoms with Gasteiger partial charge in [-0.1, -0.05) is 221 Å². The zero-order valence-corrected chi connectivity index (χ0v) is 47.4. The molecule has 0 saturated heterocycles. The number of carbonyl (C=O) groups is 1. The minimum absolute atomic E-state index is 0.0872. The number of rotatable bonds is 7. The van der Waals surface area contributed by atoms with E-state index in [1.807, 2.05) is 24.3 Å². The molecule has 0 aromatic heterocycles. The number of fused-ring (bicyclic) bond motifs is 7. The summed E-state index contributed by atoms with van der Waals surface area (Å²) in [5.74, 6) is -0.318. The number of Topliss-reactive ketones (excluding diaryl/α,β-unsaturated/α-hetero) is 1. The second kappa shape index (κ2) is 18.6. The Labute approximate surface area is 492 Å². The number of hydrogen-bond donors (Lipinski definition) is 0. The van der Waals surface area contributed by atoms with Gasteiger partial charge in [-0.3, -0.25) is 4.79 Å². The van der Waals surface area contributed by atoms with Crippen molar-refractivity contribution in [2.45, 2.75) is 38.5 Å². The molecule has 12 aromatic rings. The van der Waals surface area contributed by atoms with Crippen LogP contribution in [-0.2, 0) is 10.8 Å². The lowest BCUT2D eigenvalue weighted by molar-refractivity contribution is 0.104. The van der Waals surface area contributed by atoms with Crippen molar-refractivity contribution in [1.82, 2.24) is 0 Å². The van der Waals surface area contributed by atoms with Crippen molar-refractivity contribution in [1.29, 1.82) is 10.5 Å². The number of nitrogens with zero attached hydrogens (tertiary/aromatic N) is 3. The summed E-state index contributed by atoms with van der Waals surface area (Å²) in [6, 6.07) is 82.7. The van der Waals surface area contributed by atoms with Crippen LogP contribution in [0.15, 0.2) is 230 Å². The third-order valence-electron chi connectivity index (χ3n) is 18.1. The first-order valence-electron chi connectivity index (χ1n) is 27.9. The fourth-order valence-corrected chi connectivity index (χ4v) is 14.2. The summed E-state index contributed by atoms with van der Waals surface area (Å²) < 4.78 is 0. The highest BCUT2D eigenvalue weighted by atomic mass is 35.5. The average Bonchev–Trinajstić information content (AvgIpc) is 3.47. The summed E-state index contributed by atoms with van der Waals surface area (Å²) in [5, 5.41) is 27.4. The van der Waals surface area contributed by atoms with E-state index >= 15 is 0 Å². The van der Waals surface area contributed by atoms with E-state index in [9.17, 15) is 15.3 Å². The summed E-state index contributed by atoms with van der Waals surface area (Å²) in [6.45, 7) is 9.35. The standard InChI is InChI=1S/C77H49Cl2N3O/c1-76(2)66-11-7-5-9-57(66)61-38-53(29-35-68(61)76)82(54-30-36-69-62(39-54)58-10-6-8-12-67(58)77(69,3)4)52-27-21-46(22-28-52)45-17-19-48(20-18-45)56-32-24-50-25-33-59-55(31-23-49-26-34-60(56)74(50)73(49)59)47-15-13-44(14-16-47)37-65-72(51(42-80)43-81)63-40-70(78)71(79)41-64(63)75(65)83/h5-41H,1-4H3. The van der Waals surface area contributed by atoms with Crippen molar-refractivity contribution in [3.63, 3.8) is 0 Å². The van der Waals surface area contributed by atoms with Crippen LogP contribution in [0.5, 0.6) is 0 Å². The minimum Gasteiger partial charge on any atom is -0.310 e. The minimum atomic E-state index is -0.318. The van der Waals surface area contributed by atoms with Crippen molar-refractivity contribution in [3.05, 3.63) is 279 Å². The first-order chi connectivity index (χ1) is 40.3. The first-order valence-corrected chi connectivity index (χ1v) is 28.7. The van der Waals surface area contributed by atoms with Crippen LogP contribution in [0.1, 0.15) is 71.4 Å². The molecule has 3 aliphatic carbocycles. The second-order valence-corrected chi connectivity index (χ2v) is 24.0. The smallest absolute Gasteiger partial charge is 0.194 e. The number of benzene rings is 12. The monoisotopic (exact) mass is 1100 g/mol. The Morgan fingerprint density at radius 3 is 1.35 bits per heavy atom. The van der Waals surface area contributed by atoms with Crippen LogP contribution in [0.25, 0.3) is 99.6 Å². The number of allylic oxidation sites excluding steroid dienone is 3. The van der Waals surface area contributed by atoms with E-state index in [0.717, 1.165) is 55.8 Å². The summed E-state index contributed by atoms with van der Waals surface area (Å²) in [6.07, 6.45) is 1.73. The molecule has 12 aromatic carbocycles. The molecule has 0 atom stereocenters. The van der Waals surface area contributed by atoms with Gasteiger partial charge in [-0.2, -0.15) is 10.5 Å². The number of ketones is 1. The van der Waals surface area contributed by atoms with Gasteiger partial charge in [-0.15, -0.1) is 0 Å². The fraction of sp³-hybridized carbons (Fsp3) is 0.0779. The van der Waals surface area contributed by atoms with Crippen LogP contribution in [0, 0.1) is 22.7 Å². The Kier molecular flexibility index (Phi) is 11.3. The molecule has 6 heteroatoms. The van der Waals surface area contributed by atoms with Crippen molar-refractivity contribution < 1.29 is 4.79 Å². The Hall–Kier alpha value is -9.81. The molecule has 0 amide bonds. The molecule has 392 valence electrons. The third-order valence-corrected chi connectivity index (χ3v) is 18.8. The van der Waals surface area contributed by atoms with E-state index in [4.69, 9.17) is 23.2 Å². The van der Waals surface area contributed by atoms with E-state index < -0.39 is 0 Å². The van der Waals surface area contributed by atoms with Gasteiger partial charge in [-0.05, 0) is 176 Å². The highest BCUT2D eigenvalue weighted by Gasteiger charge is 2.38. The van der Waals surface area contributed by atoms with Crippen molar-refractivity contribution in [2.24, 2.45) is 0 Å². The van der Waals surface area contributed by atoms with Crippen LogP contribution in [0.3, 0.4) is 0 Å². The highest BCUT2D eigenvalue weighted by Crippen LogP contribution is 2.54. The first kappa shape index (κ1) is 50.2. The Morgan fingerprint density at radius 2 is 0.843 bits per heavy atom. The van der Waals surface area contributed by atoms with E-state index in [0.29, 0.717) is 11.1 Å². The van der Waals surface area contributed by atoms with Crippen molar-refractivity contribution in [2.75, 3.05) is 4.90 Å². The lowest BCUT2D eigenvalue weighted by Crippen LogP contribution is -2.16. The Bertz CT molecular complexity index is 4830. The number of hydrogen-bond acceptors (Lipinski definition) is 4. The van der Waals surface area contributed by atoms with Crippen molar-refractivity contribution in [3.8, 4) is 67.8 Å². The molecule has 0 bridgehead atoms. The molecule has 3 aliphatic rings. The van der Waals surface area contributed by atoms with Gasteiger partial charge in [0.15, 0.2) is 5.78 Å². The largest absolute Gasteiger partial charge is 0.310 e. The molecule has 4 nitrogen and oxygen atoms in total. The topological polar surface area (TPSA) is 67.9 Å². The van der Waals surface area contributed by atoms with Crippen LogP contribution in [0.4, 0.5) is 17.1 Å². The maximum Gasteiger partial charge on any atom is 0.194 e. The summed E-state index contributed by atoms with van der Waals surface area (Å²) >= 11 is 12.7. The van der Waals surface area contributed by atoms with Gasteiger partial charge in [0.1, 0.15) is 17.7 Å². The number of carbonyl (C=O) groups excluding carboxylic acids is 1. The van der Waals surface area contributed by atoms with Crippen LogP contribution in [0.2, 0.25) is 10.0 Å². The van der Waals surface area contributed by atoms with Crippen LogP contribution in [-0.4, -0.2) is 5.78 Å². The van der Waals surface area contributed by atoms with Gasteiger partial charge in [0.2, 0.25) is 0 Å². The van der Waals surface area contributed by atoms with Gasteiger partial charge in [0.05, 0.1) is 10.0 Å². The van der Waals surface area contributed by atoms with Gasteiger partial charge in [-0.25, -0.2) is 0 Å². The predicted octanol–water partition coefficient (Wildman–Crippen LogP) is 21.1. The fourth-order valence-electron chi connectivity index (χ4n) is 13.9. The maximum atomic E-state index is 13.8. The molecule has 0 spiro atoms. The molecule has 83 heavy (non-hydrogen) atoms. The molecular weight excluding hydrogens is 1050 g/mol. The second-order valence-electron chi connectivity index (χ2n) is 23.2. The number of nitriles is 2. The SMILES string of the molecule is CC1(C)c2ccccc2-c2cc(N(c3ccc(-c4ccc(-c5ccc6ccc7c(-c8ccc(C=C9C(=O)c%10cc(Cl)c(Cl)cc%10C9=C(C#N)C#N)cc8)ccc8ccc5c6c87)cc4)cc3)c3ccc4c(c3)-c3ccccc3C4(C)C)ccc21. The van der Waals surface area contributed by atoms with Crippen LogP contribution < -0.4 is 4.90 Å². The average molecular weight is 1100 g/mol. The molecule has 15 rings (SSSR count). The normalized spacial score (nSPS) is 14.6. The summed E-state index contributed by atoms with van der Waals surface area (Å²) in [7, 11) is 0. The summed E-state index contributed by atoms with van der Waals surface area (Å²) in [4.78, 5) is 16.2. The molecular formula is C77H49Cl2N3O. The Morgan fingerprint density at radius 1 is 0.422 bits per heavy atom. The molecule has 0 heterocycles. The lowest BCUT2D eigenvalue weighted by atomic mass is 9.82. The zero-order chi connectivity index (χ0) is 56.6. The number of anilines is 3. The third kappa shape index (κ3) is 7.61. The van der Waals surface area contributed by atoms with Gasteiger partial charge in [0.25, 0.3) is 0 Å². The number of halogens is 2. The molecule has 0 radical (unpaired) electrons. The van der Waals surface area contributed by atoms with Crippen LogP contribution >= 0.6 is 23.2 Å². The van der Waals surface area contributed by atoms with E-state index in [1.165, 1.54) is 83.1 Å².